The van der Waals surface area contributed by atoms with Crippen LogP contribution in [0, 0.1) is 5.92 Å². The number of fused-ring (bicyclic) bond motifs is 1. The van der Waals surface area contributed by atoms with Crippen molar-refractivity contribution < 1.29 is 14.4 Å². The van der Waals surface area contributed by atoms with Crippen LogP contribution in [-0.2, 0) is 16.1 Å². The van der Waals surface area contributed by atoms with E-state index in [-0.39, 0.29) is 30.3 Å². The van der Waals surface area contributed by atoms with Crippen LogP contribution in [0.3, 0.4) is 0 Å². The first-order valence-corrected chi connectivity index (χ1v) is 9.99. The van der Waals surface area contributed by atoms with E-state index in [4.69, 9.17) is 0 Å². The minimum absolute atomic E-state index is 0.0597. The molecule has 9 nitrogen and oxygen atoms in total. The number of amides is 4. The van der Waals surface area contributed by atoms with Crippen molar-refractivity contribution in [3.63, 3.8) is 0 Å². The fraction of sp³-hybridized carbons (Fsp3) is 0.550. The normalized spacial score (nSPS) is 19.2. The van der Waals surface area contributed by atoms with Gasteiger partial charge in [0.25, 0.3) is 5.91 Å². The Morgan fingerprint density at radius 1 is 1.10 bits per heavy atom. The van der Waals surface area contributed by atoms with E-state index in [0.29, 0.717) is 32.5 Å². The summed E-state index contributed by atoms with van der Waals surface area (Å²) in [6.45, 7) is 5.52. The predicted octanol–water partition coefficient (Wildman–Crippen LogP) is 1.34. The minimum Gasteiger partial charge on any atom is -0.341 e. The van der Waals surface area contributed by atoms with E-state index < -0.39 is 5.54 Å². The van der Waals surface area contributed by atoms with Gasteiger partial charge in [0.1, 0.15) is 23.1 Å². The molecule has 0 aliphatic carbocycles. The third kappa shape index (κ3) is 3.24. The maximum Gasteiger partial charge on any atom is 0.327 e. The summed E-state index contributed by atoms with van der Waals surface area (Å²) < 4.78 is 0. The Bertz CT molecular complexity index is 927. The number of rotatable bonds is 4. The molecule has 9 heteroatoms. The number of carbonyl (C=O) groups excluding carboxylic acids is 3. The zero-order chi connectivity index (χ0) is 20.8. The van der Waals surface area contributed by atoms with Crippen molar-refractivity contribution in [2.75, 3.05) is 26.7 Å². The summed E-state index contributed by atoms with van der Waals surface area (Å²) >= 11 is 0. The second kappa shape index (κ2) is 7.13. The molecule has 1 aromatic heterocycles. The van der Waals surface area contributed by atoms with Gasteiger partial charge in [0, 0.05) is 26.7 Å². The van der Waals surface area contributed by atoms with Crippen LogP contribution in [0.4, 0.5) is 4.79 Å². The summed E-state index contributed by atoms with van der Waals surface area (Å²) in [5, 5.41) is 8.68. The molecule has 0 unspecified atom stereocenters. The smallest absolute Gasteiger partial charge is 0.327 e. The highest BCUT2D eigenvalue weighted by atomic mass is 16.2. The summed E-state index contributed by atoms with van der Waals surface area (Å²) in [5.74, 6) is 0.0192. The Kier molecular flexibility index (Phi) is 4.76. The fourth-order valence-corrected chi connectivity index (χ4v) is 4.30. The molecule has 0 bridgehead atoms. The monoisotopic (exact) mass is 398 g/mol. The number of benzene rings is 1. The molecule has 4 rings (SSSR count). The van der Waals surface area contributed by atoms with Crippen LogP contribution in [-0.4, -0.2) is 79.8 Å². The molecule has 0 radical (unpaired) electrons. The molecule has 2 aliphatic heterocycles. The van der Waals surface area contributed by atoms with Crippen molar-refractivity contribution in [2.45, 2.75) is 38.8 Å². The predicted molar refractivity (Wildman–Crippen MR) is 106 cm³/mol. The largest absolute Gasteiger partial charge is 0.341 e. The average Bonchev–Trinajstić information content (AvgIpc) is 3.18. The molecular formula is C20H26N6O3. The van der Waals surface area contributed by atoms with Gasteiger partial charge in [-0.2, -0.15) is 15.0 Å². The second-order valence-electron chi connectivity index (χ2n) is 8.28. The lowest BCUT2D eigenvalue weighted by Crippen LogP contribution is -2.58. The number of nitrogens with zero attached hydrogens (tertiary/aromatic N) is 6. The summed E-state index contributed by atoms with van der Waals surface area (Å²) in [7, 11) is 1.54. The highest BCUT2D eigenvalue weighted by Gasteiger charge is 2.57. The lowest BCUT2D eigenvalue weighted by Gasteiger charge is -2.42. The van der Waals surface area contributed by atoms with Crippen molar-refractivity contribution >= 4 is 28.9 Å². The van der Waals surface area contributed by atoms with E-state index in [1.165, 1.54) is 16.7 Å². The van der Waals surface area contributed by atoms with Crippen LogP contribution in [0.25, 0.3) is 11.0 Å². The number of carbonyl (C=O) groups is 3. The number of imide groups is 1. The van der Waals surface area contributed by atoms with Crippen molar-refractivity contribution in [1.82, 2.24) is 29.7 Å². The Labute approximate surface area is 169 Å². The average molecular weight is 398 g/mol. The molecule has 2 aliphatic rings. The molecule has 0 N–H and O–H groups in total. The zero-order valence-electron chi connectivity index (χ0n) is 17.0. The van der Waals surface area contributed by atoms with E-state index in [1.807, 2.05) is 38.1 Å². The maximum absolute atomic E-state index is 12.9. The minimum atomic E-state index is -0.828. The first kappa shape index (κ1) is 19.4. The number of piperidine rings is 1. The molecule has 3 heterocycles. The van der Waals surface area contributed by atoms with E-state index in [2.05, 4.69) is 10.2 Å². The molecule has 0 saturated carbocycles. The number of likely N-dealkylation sites (N-methyl/N-ethyl adjacent to an activating group) is 1. The Morgan fingerprint density at radius 3 is 2.24 bits per heavy atom. The number of urea groups is 1. The molecule has 154 valence electrons. The van der Waals surface area contributed by atoms with E-state index >= 15 is 0 Å². The third-order valence-electron chi connectivity index (χ3n) is 5.83. The van der Waals surface area contributed by atoms with Crippen LogP contribution in [0.1, 0.15) is 26.7 Å². The second-order valence-corrected chi connectivity index (χ2v) is 8.28. The maximum atomic E-state index is 12.9. The summed E-state index contributed by atoms with van der Waals surface area (Å²) in [6.07, 6.45) is 0.907. The summed E-state index contributed by atoms with van der Waals surface area (Å²) in [4.78, 5) is 44.3. The van der Waals surface area contributed by atoms with Crippen molar-refractivity contribution in [3.05, 3.63) is 24.3 Å². The molecule has 1 aromatic carbocycles. The van der Waals surface area contributed by atoms with Gasteiger partial charge in [-0.15, -0.1) is 0 Å². The van der Waals surface area contributed by atoms with Gasteiger partial charge in [0.2, 0.25) is 5.91 Å². The molecule has 2 fully saturated rings. The van der Waals surface area contributed by atoms with Crippen LogP contribution >= 0.6 is 0 Å². The SMILES string of the molecule is CC(C)CN1C(=O)N(C)C(=O)C12CCN(C(=O)Cn1nc3ccccc3n1)CC2. The highest BCUT2D eigenvalue weighted by molar-refractivity contribution is 6.07. The van der Waals surface area contributed by atoms with Crippen LogP contribution < -0.4 is 0 Å². The van der Waals surface area contributed by atoms with Gasteiger partial charge < -0.3 is 9.80 Å². The zero-order valence-corrected chi connectivity index (χ0v) is 17.0. The lowest BCUT2D eigenvalue weighted by molar-refractivity contribution is -0.141. The molecule has 0 atom stereocenters. The van der Waals surface area contributed by atoms with E-state index in [9.17, 15) is 14.4 Å². The van der Waals surface area contributed by atoms with E-state index in [0.717, 1.165) is 11.0 Å². The Morgan fingerprint density at radius 2 is 1.69 bits per heavy atom. The molecular weight excluding hydrogens is 372 g/mol. The Balaban J connectivity index is 1.45. The topological polar surface area (TPSA) is 91.6 Å². The first-order valence-electron chi connectivity index (χ1n) is 9.99. The standard InChI is InChI=1S/C20H26N6O3/c1-14(2)12-25-19(29)23(3)18(28)20(25)8-10-24(11-9-20)17(27)13-26-21-15-6-4-5-7-16(15)22-26/h4-7,14H,8-13H2,1-3H3. The lowest BCUT2D eigenvalue weighted by atomic mass is 9.85. The molecule has 2 saturated heterocycles. The number of hydrogen-bond acceptors (Lipinski definition) is 5. The molecule has 4 amide bonds. The number of aromatic nitrogens is 3. The van der Waals surface area contributed by atoms with Gasteiger partial charge in [-0.25, -0.2) is 4.79 Å². The van der Waals surface area contributed by atoms with Crippen LogP contribution in [0.2, 0.25) is 0 Å². The molecule has 29 heavy (non-hydrogen) atoms. The fourth-order valence-electron chi connectivity index (χ4n) is 4.30. The van der Waals surface area contributed by atoms with Gasteiger partial charge in [-0.3, -0.25) is 14.5 Å². The van der Waals surface area contributed by atoms with Gasteiger partial charge in [0.05, 0.1) is 0 Å². The first-order chi connectivity index (χ1) is 13.8. The highest BCUT2D eigenvalue weighted by Crippen LogP contribution is 2.37. The van der Waals surface area contributed by atoms with Gasteiger partial charge >= 0.3 is 6.03 Å². The van der Waals surface area contributed by atoms with Crippen LogP contribution in [0.5, 0.6) is 0 Å². The quantitative estimate of drug-likeness (QED) is 0.725. The van der Waals surface area contributed by atoms with Crippen molar-refractivity contribution in [3.8, 4) is 0 Å². The van der Waals surface area contributed by atoms with Crippen molar-refractivity contribution in [2.24, 2.45) is 5.92 Å². The summed E-state index contributed by atoms with van der Waals surface area (Å²) in [5.41, 5.74) is 0.673. The van der Waals surface area contributed by atoms with Crippen molar-refractivity contribution in [1.29, 1.82) is 0 Å². The number of likely N-dealkylation sites (tertiary alicyclic amines) is 1. The van der Waals surface area contributed by atoms with Gasteiger partial charge in [-0.05, 0) is 30.9 Å². The summed E-state index contributed by atoms with van der Waals surface area (Å²) in [6, 6.07) is 7.24. The van der Waals surface area contributed by atoms with Gasteiger partial charge in [0.15, 0.2) is 0 Å². The Hall–Kier alpha value is -2.97. The van der Waals surface area contributed by atoms with Crippen LogP contribution in [0.15, 0.2) is 24.3 Å². The third-order valence-corrected chi connectivity index (χ3v) is 5.83. The number of hydrogen-bond donors (Lipinski definition) is 0. The van der Waals surface area contributed by atoms with Gasteiger partial charge in [-0.1, -0.05) is 26.0 Å². The molecule has 1 spiro atoms. The van der Waals surface area contributed by atoms with E-state index in [1.54, 1.807) is 9.80 Å². The molecule has 2 aromatic rings.